The second-order valence-electron chi connectivity index (χ2n) is 5.28. The van der Waals surface area contributed by atoms with E-state index < -0.39 is 0 Å². The summed E-state index contributed by atoms with van der Waals surface area (Å²) in [5.74, 6) is 0.669. The van der Waals surface area contributed by atoms with E-state index in [-0.39, 0.29) is 0 Å². The fourth-order valence-corrected chi connectivity index (χ4v) is 2.44. The molecule has 0 aromatic carbocycles. The molecule has 0 aliphatic heterocycles. The van der Waals surface area contributed by atoms with Crippen molar-refractivity contribution in [3.8, 4) is 5.88 Å². The van der Waals surface area contributed by atoms with Gasteiger partial charge in [0.05, 0.1) is 7.11 Å². The van der Waals surface area contributed by atoms with Crippen LogP contribution in [0.3, 0.4) is 0 Å². The summed E-state index contributed by atoms with van der Waals surface area (Å²) in [7, 11) is 5.99. The molecule has 4 heteroatoms. The molecule has 1 aromatic heterocycles. The van der Waals surface area contributed by atoms with Crippen molar-refractivity contribution in [3.05, 3.63) is 23.9 Å². The smallest absolute Gasteiger partial charge is 0.212 e. The number of aromatic nitrogens is 1. The zero-order valence-corrected chi connectivity index (χ0v) is 11.6. The minimum atomic E-state index is 0.375. The van der Waals surface area contributed by atoms with Gasteiger partial charge in [-0.1, -0.05) is 6.07 Å². The summed E-state index contributed by atoms with van der Waals surface area (Å²) in [5, 5.41) is 3.54. The first kappa shape index (κ1) is 13.3. The van der Waals surface area contributed by atoms with Gasteiger partial charge in [-0.2, -0.15) is 0 Å². The van der Waals surface area contributed by atoms with Crippen LogP contribution < -0.4 is 10.1 Å². The predicted octanol–water partition coefficient (Wildman–Crippen LogP) is 1.66. The average Bonchev–Trinajstić information content (AvgIpc) is 2.33. The number of pyridine rings is 1. The van der Waals surface area contributed by atoms with Gasteiger partial charge in [0.1, 0.15) is 0 Å². The van der Waals surface area contributed by atoms with E-state index in [0.717, 1.165) is 13.1 Å². The summed E-state index contributed by atoms with van der Waals surface area (Å²) < 4.78 is 5.05. The summed E-state index contributed by atoms with van der Waals surface area (Å²) in [5.41, 5.74) is 1.57. The first-order valence-electron chi connectivity index (χ1n) is 6.53. The summed E-state index contributed by atoms with van der Waals surface area (Å²) in [6.07, 6.45) is 5.82. The van der Waals surface area contributed by atoms with Crippen molar-refractivity contribution in [2.24, 2.45) is 0 Å². The molecule has 1 N–H and O–H groups in total. The lowest BCUT2D eigenvalue weighted by atomic mass is 9.75. The van der Waals surface area contributed by atoms with Crippen LogP contribution in [0.15, 0.2) is 18.3 Å². The molecular formula is C14H23N3O. The highest BCUT2D eigenvalue weighted by Crippen LogP contribution is 2.35. The van der Waals surface area contributed by atoms with Crippen LogP contribution in [0.4, 0.5) is 0 Å². The van der Waals surface area contributed by atoms with E-state index in [1.807, 2.05) is 12.3 Å². The maximum absolute atomic E-state index is 5.05. The van der Waals surface area contributed by atoms with Gasteiger partial charge in [-0.25, -0.2) is 4.98 Å². The van der Waals surface area contributed by atoms with E-state index in [2.05, 4.69) is 35.4 Å². The molecule has 2 rings (SSSR count). The molecule has 18 heavy (non-hydrogen) atoms. The third kappa shape index (κ3) is 2.82. The molecule has 1 heterocycles. The summed E-state index contributed by atoms with van der Waals surface area (Å²) in [4.78, 5) is 6.57. The molecule has 1 aliphatic rings. The van der Waals surface area contributed by atoms with Crippen molar-refractivity contribution in [3.63, 3.8) is 0 Å². The molecule has 0 bridgehead atoms. The largest absolute Gasteiger partial charge is 0.481 e. The molecular weight excluding hydrogens is 226 g/mol. The lowest BCUT2D eigenvalue weighted by Gasteiger charge is -2.47. The number of nitrogens with zero attached hydrogens (tertiary/aromatic N) is 2. The number of methoxy groups -OCH3 is 1. The average molecular weight is 249 g/mol. The molecule has 1 fully saturated rings. The molecule has 0 saturated heterocycles. The second kappa shape index (κ2) is 5.67. The second-order valence-corrected chi connectivity index (χ2v) is 5.28. The maximum atomic E-state index is 5.05. The number of nitrogens with one attached hydrogen (secondary N) is 1. The number of hydrogen-bond donors (Lipinski definition) is 1. The lowest BCUT2D eigenvalue weighted by Crippen LogP contribution is -2.56. The fraction of sp³-hybridized carbons (Fsp3) is 0.643. The Hall–Kier alpha value is -1.13. The third-order valence-corrected chi connectivity index (χ3v) is 4.02. The van der Waals surface area contributed by atoms with Crippen molar-refractivity contribution in [1.29, 1.82) is 0 Å². The highest BCUT2D eigenvalue weighted by molar-refractivity contribution is 5.17. The highest BCUT2D eigenvalue weighted by atomic mass is 16.5. The lowest BCUT2D eigenvalue weighted by molar-refractivity contribution is 0.0598. The van der Waals surface area contributed by atoms with E-state index >= 15 is 0 Å². The molecule has 0 spiro atoms. The monoisotopic (exact) mass is 249 g/mol. The molecule has 4 nitrogen and oxygen atoms in total. The fourth-order valence-electron chi connectivity index (χ4n) is 2.44. The minimum Gasteiger partial charge on any atom is -0.481 e. The Morgan fingerprint density at radius 3 is 2.61 bits per heavy atom. The predicted molar refractivity (Wildman–Crippen MR) is 72.8 cm³/mol. The Bertz CT molecular complexity index is 371. The third-order valence-electron chi connectivity index (χ3n) is 4.02. The Balaban J connectivity index is 1.80. The topological polar surface area (TPSA) is 37.4 Å². The zero-order valence-electron chi connectivity index (χ0n) is 11.6. The molecule has 1 saturated carbocycles. The molecule has 0 atom stereocenters. The highest BCUT2D eigenvalue weighted by Gasteiger charge is 2.38. The number of hydrogen-bond acceptors (Lipinski definition) is 4. The standard InChI is InChI=1S/C14H23N3O/c1-17(2)14(7-4-8-14)11-15-9-12-5-6-13(18-3)16-10-12/h5-6,10,15H,4,7-9,11H2,1-3H3. The van der Waals surface area contributed by atoms with Gasteiger partial charge in [0.2, 0.25) is 5.88 Å². The summed E-state index contributed by atoms with van der Waals surface area (Å²) in [6, 6.07) is 3.96. The van der Waals surface area contributed by atoms with Crippen LogP contribution in [0.25, 0.3) is 0 Å². The van der Waals surface area contributed by atoms with Crippen LogP contribution in [0.1, 0.15) is 24.8 Å². The maximum Gasteiger partial charge on any atom is 0.212 e. The van der Waals surface area contributed by atoms with Crippen LogP contribution >= 0.6 is 0 Å². The quantitative estimate of drug-likeness (QED) is 0.832. The van der Waals surface area contributed by atoms with Crippen molar-refractivity contribution in [1.82, 2.24) is 15.2 Å². The number of likely N-dealkylation sites (N-methyl/N-ethyl adjacent to an activating group) is 1. The van der Waals surface area contributed by atoms with E-state index in [4.69, 9.17) is 4.74 Å². The molecule has 0 unspecified atom stereocenters. The molecule has 100 valence electrons. The molecule has 0 amide bonds. The first-order chi connectivity index (χ1) is 8.66. The van der Waals surface area contributed by atoms with Crippen molar-refractivity contribution in [2.45, 2.75) is 31.3 Å². The number of ether oxygens (including phenoxy) is 1. The Labute approximate surface area is 109 Å². The first-order valence-corrected chi connectivity index (χ1v) is 6.53. The van der Waals surface area contributed by atoms with Gasteiger partial charge in [-0.3, -0.25) is 0 Å². The SMILES string of the molecule is COc1ccc(CNCC2(N(C)C)CCC2)cn1. The van der Waals surface area contributed by atoms with Crippen LogP contribution in [0.2, 0.25) is 0 Å². The summed E-state index contributed by atoms with van der Waals surface area (Å²) in [6.45, 7) is 1.92. The van der Waals surface area contributed by atoms with Gasteiger partial charge < -0.3 is 15.0 Å². The van der Waals surface area contributed by atoms with Crippen LogP contribution in [-0.4, -0.2) is 43.2 Å². The Kier molecular flexibility index (Phi) is 4.19. The minimum absolute atomic E-state index is 0.375. The summed E-state index contributed by atoms with van der Waals surface area (Å²) >= 11 is 0. The van der Waals surface area contributed by atoms with Gasteiger partial charge in [0, 0.05) is 30.9 Å². The number of rotatable bonds is 6. The molecule has 0 radical (unpaired) electrons. The van der Waals surface area contributed by atoms with E-state index in [9.17, 15) is 0 Å². The van der Waals surface area contributed by atoms with Gasteiger partial charge in [-0.15, -0.1) is 0 Å². The van der Waals surface area contributed by atoms with Crippen molar-refractivity contribution in [2.75, 3.05) is 27.7 Å². The zero-order chi connectivity index (χ0) is 13.0. The van der Waals surface area contributed by atoms with E-state index in [1.54, 1.807) is 7.11 Å². The van der Waals surface area contributed by atoms with Crippen molar-refractivity contribution < 1.29 is 4.74 Å². The van der Waals surface area contributed by atoms with Crippen molar-refractivity contribution >= 4 is 0 Å². The molecule has 1 aromatic rings. The van der Waals surface area contributed by atoms with Gasteiger partial charge >= 0.3 is 0 Å². The van der Waals surface area contributed by atoms with E-state index in [0.29, 0.717) is 11.4 Å². The van der Waals surface area contributed by atoms with Gasteiger partial charge in [0.25, 0.3) is 0 Å². The van der Waals surface area contributed by atoms with E-state index in [1.165, 1.54) is 24.8 Å². The van der Waals surface area contributed by atoms with Crippen LogP contribution in [-0.2, 0) is 6.54 Å². The molecule has 1 aliphatic carbocycles. The normalized spacial score (nSPS) is 17.6. The Morgan fingerprint density at radius 1 is 1.39 bits per heavy atom. The Morgan fingerprint density at radius 2 is 2.17 bits per heavy atom. The van der Waals surface area contributed by atoms with Gasteiger partial charge in [-0.05, 0) is 38.9 Å². The van der Waals surface area contributed by atoms with Crippen LogP contribution in [0, 0.1) is 0 Å². The van der Waals surface area contributed by atoms with Crippen LogP contribution in [0.5, 0.6) is 5.88 Å². The van der Waals surface area contributed by atoms with Gasteiger partial charge in [0.15, 0.2) is 0 Å².